The van der Waals surface area contributed by atoms with Crippen LogP contribution in [0.25, 0.3) is 0 Å². The maximum Gasteiger partial charge on any atom is 0.338 e. The molecule has 0 radical (unpaired) electrons. The molecule has 0 aliphatic carbocycles. The number of ether oxygens (including phenoxy) is 1. The molecular formula is C18H17ClFN3O4. The Hall–Kier alpha value is -3.13. The molecule has 0 aromatic heterocycles. The van der Waals surface area contributed by atoms with Crippen LogP contribution in [-0.4, -0.2) is 24.0 Å². The van der Waals surface area contributed by atoms with Crippen LogP contribution >= 0.6 is 11.6 Å². The number of amides is 3. The zero-order valence-corrected chi connectivity index (χ0v) is 15.0. The number of carbonyl (C=O) groups excluding carboxylic acids is 3. The summed E-state index contributed by atoms with van der Waals surface area (Å²) in [6, 6.07) is 9.31. The number of carbonyl (C=O) groups is 3. The third-order valence-electron chi connectivity index (χ3n) is 3.50. The highest BCUT2D eigenvalue weighted by Gasteiger charge is 2.19. The van der Waals surface area contributed by atoms with Gasteiger partial charge in [-0.3, -0.25) is 4.79 Å². The first-order valence-corrected chi connectivity index (χ1v) is 8.23. The summed E-state index contributed by atoms with van der Waals surface area (Å²) < 4.78 is 18.2. The molecule has 0 aliphatic heterocycles. The summed E-state index contributed by atoms with van der Waals surface area (Å²) in [4.78, 5) is 34.9. The summed E-state index contributed by atoms with van der Waals surface area (Å²) in [5.41, 5.74) is 6.24. The lowest BCUT2D eigenvalue weighted by molar-refractivity contribution is -0.123. The standard InChI is InChI=1S/C18H17ClFN3O4/c1-10(16(24)23-13-6-7-15(20)14(19)8-13)27-17(25)12-4-2-11(3-5-12)9-22-18(21)26/h2-8,10H,9H2,1H3,(H,23,24)(H3,21,22,26). The van der Waals surface area contributed by atoms with E-state index in [0.717, 1.165) is 11.6 Å². The lowest BCUT2D eigenvalue weighted by Crippen LogP contribution is -2.30. The van der Waals surface area contributed by atoms with E-state index < -0.39 is 29.8 Å². The summed E-state index contributed by atoms with van der Waals surface area (Å²) in [5, 5.41) is 4.77. The largest absolute Gasteiger partial charge is 0.449 e. The molecule has 7 nitrogen and oxygen atoms in total. The third-order valence-corrected chi connectivity index (χ3v) is 3.79. The summed E-state index contributed by atoms with van der Waals surface area (Å²) in [5.74, 6) is -1.89. The molecule has 0 fully saturated rings. The van der Waals surface area contributed by atoms with Crippen molar-refractivity contribution in [2.75, 3.05) is 5.32 Å². The number of halogens is 2. The molecule has 2 aromatic rings. The predicted molar refractivity (Wildman–Crippen MR) is 97.8 cm³/mol. The van der Waals surface area contributed by atoms with Crippen molar-refractivity contribution in [2.24, 2.45) is 5.73 Å². The third kappa shape index (κ3) is 5.96. The fourth-order valence-electron chi connectivity index (χ4n) is 2.05. The molecule has 0 bridgehead atoms. The fourth-order valence-corrected chi connectivity index (χ4v) is 2.23. The van der Waals surface area contributed by atoms with E-state index >= 15 is 0 Å². The van der Waals surface area contributed by atoms with Gasteiger partial charge in [-0.05, 0) is 42.8 Å². The highest BCUT2D eigenvalue weighted by atomic mass is 35.5. The van der Waals surface area contributed by atoms with Crippen molar-refractivity contribution in [1.29, 1.82) is 0 Å². The van der Waals surface area contributed by atoms with Crippen LogP contribution in [0.3, 0.4) is 0 Å². The molecule has 0 saturated carbocycles. The summed E-state index contributed by atoms with van der Waals surface area (Å²) in [7, 11) is 0. The topological polar surface area (TPSA) is 111 Å². The first kappa shape index (κ1) is 20.2. The molecule has 0 heterocycles. The molecule has 4 N–H and O–H groups in total. The molecule has 1 unspecified atom stereocenters. The van der Waals surface area contributed by atoms with Gasteiger partial charge in [-0.15, -0.1) is 0 Å². The number of nitrogens with one attached hydrogen (secondary N) is 2. The Morgan fingerprint density at radius 3 is 2.44 bits per heavy atom. The van der Waals surface area contributed by atoms with Crippen LogP contribution in [0.4, 0.5) is 14.9 Å². The molecule has 0 aliphatic rings. The van der Waals surface area contributed by atoms with Crippen molar-refractivity contribution in [3.8, 4) is 0 Å². The average molecular weight is 394 g/mol. The van der Waals surface area contributed by atoms with Gasteiger partial charge >= 0.3 is 12.0 Å². The van der Waals surface area contributed by atoms with Crippen molar-refractivity contribution >= 4 is 35.2 Å². The number of esters is 1. The molecular weight excluding hydrogens is 377 g/mol. The molecule has 1 atom stereocenters. The van der Waals surface area contributed by atoms with Gasteiger partial charge in [-0.1, -0.05) is 23.7 Å². The highest BCUT2D eigenvalue weighted by Crippen LogP contribution is 2.19. The van der Waals surface area contributed by atoms with E-state index in [1.807, 2.05) is 0 Å². The minimum Gasteiger partial charge on any atom is -0.449 e. The summed E-state index contributed by atoms with van der Waals surface area (Å²) in [6.07, 6.45) is -1.09. The monoisotopic (exact) mass is 393 g/mol. The smallest absolute Gasteiger partial charge is 0.338 e. The molecule has 0 saturated heterocycles. The summed E-state index contributed by atoms with van der Waals surface area (Å²) in [6.45, 7) is 1.63. The summed E-state index contributed by atoms with van der Waals surface area (Å²) >= 11 is 5.65. The molecule has 0 spiro atoms. The van der Waals surface area contributed by atoms with E-state index in [1.54, 1.807) is 12.1 Å². The maximum absolute atomic E-state index is 13.1. The number of primary amides is 1. The molecule has 2 aromatic carbocycles. The zero-order chi connectivity index (χ0) is 20.0. The van der Waals surface area contributed by atoms with Gasteiger partial charge in [0.1, 0.15) is 5.82 Å². The number of benzene rings is 2. The number of anilines is 1. The SMILES string of the molecule is CC(OC(=O)c1ccc(CNC(N)=O)cc1)C(=O)Nc1ccc(F)c(Cl)c1. The second kappa shape index (κ2) is 9.00. The van der Waals surface area contributed by atoms with Gasteiger partial charge in [-0.25, -0.2) is 14.0 Å². The van der Waals surface area contributed by atoms with Crippen LogP contribution in [0.1, 0.15) is 22.8 Å². The molecule has 3 amide bonds. The van der Waals surface area contributed by atoms with Gasteiger partial charge in [0.2, 0.25) is 0 Å². The first-order chi connectivity index (χ1) is 12.8. The van der Waals surface area contributed by atoms with Crippen LogP contribution in [0, 0.1) is 5.82 Å². The fraction of sp³-hybridized carbons (Fsp3) is 0.167. The van der Waals surface area contributed by atoms with Crippen molar-refractivity contribution < 1.29 is 23.5 Å². The maximum atomic E-state index is 13.1. The lowest BCUT2D eigenvalue weighted by Gasteiger charge is -2.14. The van der Waals surface area contributed by atoms with Crippen molar-refractivity contribution in [1.82, 2.24) is 5.32 Å². The van der Waals surface area contributed by atoms with E-state index in [0.29, 0.717) is 0 Å². The minimum atomic E-state index is -1.09. The van der Waals surface area contributed by atoms with Gasteiger partial charge in [-0.2, -0.15) is 0 Å². The number of urea groups is 1. The predicted octanol–water partition coefficient (Wildman–Crippen LogP) is 2.83. The Bertz CT molecular complexity index is 858. The van der Waals surface area contributed by atoms with Gasteiger partial charge in [0.25, 0.3) is 5.91 Å². The van der Waals surface area contributed by atoms with Gasteiger partial charge in [0.05, 0.1) is 10.6 Å². The number of hydrogen-bond acceptors (Lipinski definition) is 4. The first-order valence-electron chi connectivity index (χ1n) is 7.85. The minimum absolute atomic E-state index is 0.136. The molecule has 142 valence electrons. The van der Waals surface area contributed by atoms with Crippen LogP contribution in [0.5, 0.6) is 0 Å². The van der Waals surface area contributed by atoms with E-state index in [2.05, 4.69) is 10.6 Å². The number of nitrogens with two attached hydrogens (primary N) is 1. The second-order valence-electron chi connectivity index (χ2n) is 5.58. The Balaban J connectivity index is 1.92. The Kier molecular flexibility index (Phi) is 6.73. The number of hydrogen-bond donors (Lipinski definition) is 3. The van der Waals surface area contributed by atoms with Gasteiger partial charge in [0, 0.05) is 12.2 Å². The van der Waals surface area contributed by atoms with Crippen molar-refractivity contribution in [3.05, 3.63) is 64.4 Å². The normalized spacial score (nSPS) is 11.4. The van der Waals surface area contributed by atoms with Crippen LogP contribution in [0.15, 0.2) is 42.5 Å². The average Bonchev–Trinajstić information content (AvgIpc) is 2.63. The van der Waals surface area contributed by atoms with Crippen molar-refractivity contribution in [2.45, 2.75) is 19.6 Å². The zero-order valence-electron chi connectivity index (χ0n) is 14.3. The van der Waals surface area contributed by atoms with E-state index in [9.17, 15) is 18.8 Å². The highest BCUT2D eigenvalue weighted by molar-refractivity contribution is 6.31. The van der Waals surface area contributed by atoms with Gasteiger partial charge < -0.3 is 21.1 Å². The molecule has 2 rings (SSSR count). The van der Waals surface area contributed by atoms with E-state index in [1.165, 1.54) is 31.2 Å². The van der Waals surface area contributed by atoms with Crippen LogP contribution < -0.4 is 16.4 Å². The van der Waals surface area contributed by atoms with E-state index in [4.69, 9.17) is 22.1 Å². The molecule has 27 heavy (non-hydrogen) atoms. The van der Waals surface area contributed by atoms with Gasteiger partial charge in [0.15, 0.2) is 6.10 Å². The Morgan fingerprint density at radius 1 is 1.19 bits per heavy atom. The van der Waals surface area contributed by atoms with Crippen molar-refractivity contribution in [3.63, 3.8) is 0 Å². The second-order valence-corrected chi connectivity index (χ2v) is 5.99. The Morgan fingerprint density at radius 2 is 1.85 bits per heavy atom. The quantitative estimate of drug-likeness (QED) is 0.655. The van der Waals surface area contributed by atoms with Crippen LogP contribution in [-0.2, 0) is 16.1 Å². The Labute approximate surface area is 159 Å². The molecule has 9 heteroatoms. The van der Waals surface area contributed by atoms with Crippen LogP contribution in [0.2, 0.25) is 5.02 Å². The lowest BCUT2D eigenvalue weighted by atomic mass is 10.1. The number of rotatable bonds is 6. The van der Waals surface area contributed by atoms with E-state index in [-0.39, 0.29) is 22.8 Å².